The Morgan fingerprint density at radius 2 is 2.19 bits per heavy atom. The van der Waals surface area contributed by atoms with Crippen molar-refractivity contribution >= 4 is 27.5 Å². The van der Waals surface area contributed by atoms with Crippen LogP contribution in [0.25, 0.3) is 5.65 Å². The molecule has 3 unspecified atom stereocenters. The highest BCUT2D eigenvalue weighted by molar-refractivity contribution is 9.10. The predicted molar refractivity (Wildman–Crippen MR) is 87.3 cm³/mol. The first-order valence-corrected chi connectivity index (χ1v) is 8.47. The van der Waals surface area contributed by atoms with E-state index in [0.29, 0.717) is 16.9 Å². The van der Waals surface area contributed by atoms with Crippen molar-refractivity contribution in [2.24, 2.45) is 16.7 Å². The van der Waals surface area contributed by atoms with E-state index in [4.69, 9.17) is 0 Å². The van der Waals surface area contributed by atoms with E-state index in [2.05, 4.69) is 52.1 Å². The molecule has 2 aromatic heterocycles. The van der Waals surface area contributed by atoms with Crippen LogP contribution in [0.1, 0.15) is 40.0 Å². The molecule has 4 rings (SSSR count). The molecule has 1 N–H and O–H groups in total. The monoisotopic (exact) mass is 348 g/mol. The van der Waals surface area contributed by atoms with Gasteiger partial charge in [0.2, 0.25) is 5.95 Å². The van der Waals surface area contributed by atoms with Gasteiger partial charge in [0.25, 0.3) is 0 Å². The summed E-state index contributed by atoms with van der Waals surface area (Å²) in [7, 11) is 0. The third-order valence-electron chi connectivity index (χ3n) is 5.86. The first-order chi connectivity index (χ1) is 9.90. The second-order valence-corrected chi connectivity index (χ2v) is 8.41. The van der Waals surface area contributed by atoms with E-state index >= 15 is 0 Å². The molecule has 21 heavy (non-hydrogen) atoms. The highest BCUT2D eigenvalue weighted by Crippen LogP contribution is 2.62. The molecule has 0 saturated heterocycles. The van der Waals surface area contributed by atoms with E-state index in [1.807, 2.05) is 22.8 Å². The molecule has 2 saturated carbocycles. The van der Waals surface area contributed by atoms with Crippen LogP contribution >= 0.6 is 15.9 Å². The van der Waals surface area contributed by atoms with E-state index in [0.717, 1.165) is 22.0 Å². The highest BCUT2D eigenvalue weighted by atomic mass is 79.9. The zero-order chi connectivity index (χ0) is 14.8. The molecule has 2 aliphatic rings. The maximum Gasteiger partial charge on any atom is 0.243 e. The molecule has 2 aromatic rings. The summed E-state index contributed by atoms with van der Waals surface area (Å²) in [6.07, 6.45) is 5.95. The number of anilines is 1. The first kappa shape index (κ1) is 13.6. The van der Waals surface area contributed by atoms with Crippen molar-refractivity contribution in [3.63, 3.8) is 0 Å². The van der Waals surface area contributed by atoms with E-state index in [1.165, 1.54) is 19.3 Å². The standard InChI is InChI=1S/C16H21BrN4/c1-15(2)10-6-7-16(3,9-10)13(15)19-14-18-12-11(17)5-4-8-21(12)20-14/h4-5,8,10,13H,6-7,9H2,1-3H3,(H,19,20). The number of aromatic nitrogens is 3. The molecule has 2 bridgehead atoms. The van der Waals surface area contributed by atoms with Crippen molar-refractivity contribution in [1.29, 1.82) is 0 Å². The number of hydrogen-bond donors (Lipinski definition) is 1. The summed E-state index contributed by atoms with van der Waals surface area (Å²) in [4.78, 5) is 4.65. The number of nitrogens with zero attached hydrogens (tertiary/aromatic N) is 3. The average molecular weight is 349 g/mol. The number of fused-ring (bicyclic) bond motifs is 3. The number of hydrogen-bond acceptors (Lipinski definition) is 3. The Morgan fingerprint density at radius 1 is 1.38 bits per heavy atom. The summed E-state index contributed by atoms with van der Waals surface area (Å²) >= 11 is 3.54. The molecule has 0 aliphatic heterocycles. The number of rotatable bonds is 2. The van der Waals surface area contributed by atoms with Gasteiger partial charge in [-0.3, -0.25) is 0 Å². The number of pyridine rings is 1. The Labute approximate surface area is 133 Å². The van der Waals surface area contributed by atoms with E-state index < -0.39 is 0 Å². The fourth-order valence-electron chi connectivity index (χ4n) is 4.73. The highest BCUT2D eigenvalue weighted by Gasteiger charge is 2.59. The minimum atomic E-state index is 0.307. The lowest BCUT2D eigenvalue weighted by Crippen LogP contribution is -2.46. The fourth-order valence-corrected chi connectivity index (χ4v) is 5.15. The van der Waals surface area contributed by atoms with Crippen LogP contribution in [-0.2, 0) is 0 Å². The number of nitrogens with one attached hydrogen (secondary N) is 1. The van der Waals surface area contributed by atoms with Crippen LogP contribution in [0, 0.1) is 16.7 Å². The Bertz CT molecular complexity index is 703. The summed E-state index contributed by atoms with van der Waals surface area (Å²) < 4.78 is 2.80. The van der Waals surface area contributed by atoms with Gasteiger partial charge < -0.3 is 5.32 Å². The average Bonchev–Trinajstić information content (AvgIpc) is 3.04. The normalized spacial score (nSPS) is 33.7. The van der Waals surface area contributed by atoms with Gasteiger partial charge in [0.1, 0.15) is 0 Å². The molecule has 0 amide bonds. The van der Waals surface area contributed by atoms with Gasteiger partial charge in [-0.05, 0) is 64.1 Å². The van der Waals surface area contributed by atoms with Crippen molar-refractivity contribution in [1.82, 2.24) is 14.6 Å². The van der Waals surface area contributed by atoms with Crippen LogP contribution < -0.4 is 5.32 Å². The Balaban J connectivity index is 1.70. The van der Waals surface area contributed by atoms with Gasteiger partial charge >= 0.3 is 0 Å². The maximum absolute atomic E-state index is 4.65. The third kappa shape index (κ3) is 1.86. The van der Waals surface area contributed by atoms with Crippen LogP contribution in [0.4, 0.5) is 5.95 Å². The van der Waals surface area contributed by atoms with Crippen LogP contribution in [0.5, 0.6) is 0 Å². The van der Waals surface area contributed by atoms with Crippen LogP contribution in [0.3, 0.4) is 0 Å². The van der Waals surface area contributed by atoms with Crippen LogP contribution in [-0.4, -0.2) is 20.6 Å². The van der Waals surface area contributed by atoms with E-state index in [-0.39, 0.29) is 0 Å². The van der Waals surface area contributed by atoms with Crippen molar-refractivity contribution in [2.75, 3.05) is 5.32 Å². The lowest BCUT2D eigenvalue weighted by atomic mass is 9.68. The van der Waals surface area contributed by atoms with Gasteiger partial charge in [-0.15, -0.1) is 5.10 Å². The SMILES string of the molecule is CC12CCC(C1)C(C)(C)C2Nc1nc2c(Br)cccn2n1. The van der Waals surface area contributed by atoms with E-state index in [1.54, 1.807) is 0 Å². The van der Waals surface area contributed by atoms with Gasteiger partial charge in [-0.25, -0.2) is 4.52 Å². The minimum Gasteiger partial charge on any atom is -0.349 e. The molecule has 0 aromatic carbocycles. The molecule has 4 nitrogen and oxygen atoms in total. The second kappa shape index (κ2) is 4.22. The Morgan fingerprint density at radius 3 is 2.86 bits per heavy atom. The van der Waals surface area contributed by atoms with Crippen molar-refractivity contribution < 1.29 is 0 Å². The largest absolute Gasteiger partial charge is 0.349 e. The zero-order valence-corrected chi connectivity index (χ0v) is 14.3. The van der Waals surface area contributed by atoms with Gasteiger partial charge in [0.05, 0.1) is 4.47 Å². The van der Waals surface area contributed by atoms with E-state index in [9.17, 15) is 0 Å². The Kier molecular flexibility index (Phi) is 2.72. The lowest BCUT2D eigenvalue weighted by Gasteiger charge is -2.42. The third-order valence-corrected chi connectivity index (χ3v) is 6.48. The first-order valence-electron chi connectivity index (χ1n) is 7.68. The van der Waals surface area contributed by atoms with Gasteiger partial charge in [-0.1, -0.05) is 20.8 Å². The zero-order valence-electron chi connectivity index (χ0n) is 12.7. The van der Waals surface area contributed by atoms with Gasteiger partial charge in [-0.2, -0.15) is 4.98 Å². The topological polar surface area (TPSA) is 42.2 Å². The minimum absolute atomic E-state index is 0.307. The summed E-state index contributed by atoms with van der Waals surface area (Å²) in [5.74, 6) is 1.57. The van der Waals surface area contributed by atoms with Crippen LogP contribution in [0.15, 0.2) is 22.8 Å². The summed E-state index contributed by atoms with van der Waals surface area (Å²) in [5.41, 5.74) is 1.55. The molecular formula is C16H21BrN4. The smallest absolute Gasteiger partial charge is 0.243 e. The van der Waals surface area contributed by atoms with Crippen LogP contribution in [0.2, 0.25) is 0 Å². The summed E-state index contributed by atoms with van der Waals surface area (Å²) in [6, 6.07) is 4.41. The molecular weight excluding hydrogens is 328 g/mol. The molecule has 0 spiro atoms. The quantitative estimate of drug-likeness (QED) is 0.887. The van der Waals surface area contributed by atoms with Gasteiger partial charge in [0, 0.05) is 12.2 Å². The summed E-state index contributed by atoms with van der Waals surface area (Å²) in [6.45, 7) is 7.21. The second-order valence-electron chi connectivity index (χ2n) is 7.55. The molecule has 2 aliphatic carbocycles. The van der Waals surface area contributed by atoms with Crippen molar-refractivity contribution in [3.8, 4) is 0 Å². The molecule has 2 heterocycles. The summed E-state index contributed by atoms with van der Waals surface area (Å²) in [5, 5.41) is 8.24. The predicted octanol–water partition coefficient (Wildman–Crippen LogP) is 4.12. The fraction of sp³-hybridized carbons (Fsp3) is 0.625. The van der Waals surface area contributed by atoms with Crippen molar-refractivity contribution in [2.45, 2.75) is 46.1 Å². The lowest BCUT2D eigenvalue weighted by molar-refractivity contribution is 0.155. The molecule has 2 fully saturated rings. The molecule has 0 radical (unpaired) electrons. The molecule has 3 atom stereocenters. The molecule has 5 heteroatoms. The van der Waals surface area contributed by atoms with Gasteiger partial charge in [0.15, 0.2) is 5.65 Å². The number of halogens is 1. The van der Waals surface area contributed by atoms with Crippen molar-refractivity contribution in [3.05, 3.63) is 22.8 Å². The molecule has 112 valence electrons. The maximum atomic E-state index is 4.65. The Hall–Kier alpha value is -1.10.